The Hall–Kier alpha value is -1.50. The van der Waals surface area contributed by atoms with Crippen molar-refractivity contribution in [2.75, 3.05) is 5.75 Å². The van der Waals surface area contributed by atoms with E-state index in [0.29, 0.717) is 11.6 Å². The number of carboxylic acid groups (broad SMARTS) is 1. The Balaban J connectivity index is 1.91. The van der Waals surface area contributed by atoms with Crippen molar-refractivity contribution in [3.05, 3.63) is 18.2 Å². The first-order valence-corrected chi connectivity index (χ1v) is 5.41. The molecule has 0 fully saturated rings. The van der Waals surface area contributed by atoms with Crippen molar-refractivity contribution in [3.8, 4) is 0 Å². The van der Waals surface area contributed by atoms with Gasteiger partial charge in [-0.25, -0.2) is 9.78 Å². The fraction of sp³-hybridized carbons (Fsp3) is 0.375. The topological polar surface area (TPSA) is 90.4 Å². The standard InChI is InChI=1S/C8H10N4O2S/c13-8(14)12-7-11-5(4-15-7)3-6-9-1-2-10-6/h1-2,5H,3-4H2,(H,9,10)(H,11,12)(H,13,14). The van der Waals surface area contributed by atoms with Gasteiger partial charge in [-0.1, -0.05) is 11.8 Å². The number of rotatable bonds is 2. The summed E-state index contributed by atoms with van der Waals surface area (Å²) in [5.74, 6) is 1.66. The molecular formula is C8H10N4O2S. The Morgan fingerprint density at radius 3 is 3.33 bits per heavy atom. The molecular weight excluding hydrogens is 216 g/mol. The highest BCUT2D eigenvalue weighted by Crippen LogP contribution is 2.18. The monoisotopic (exact) mass is 226 g/mol. The summed E-state index contributed by atoms with van der Waals surface area (Å²) >= 11 is 1.42. The largest absolute Gasteiger partial charge is 0.465 e. The lowest BCUT2D eigenvalue weighted by atomic mass is 10.2. The summed E-state index contributed by atoms with van der Waals surface area (Å²) in [5, 5.41) is 11.2. The van der Waals surface area contributed by atoms with Crippen LogP contribution < -0.4 is 5.32 Å². The fourth-order valence-corrected chi connectivity index (χ4v) is 2.24. The molecule has 1 aliphatic heterocycles. The molecule has 0 saturated heterocycles. The van der Waals surface area contributed by atoms with Crippen molar-refractivity contribution in [1.82, 2.24) is 15.3 Å². The predicted molar refractivity (Wildman–Crippen MR) is 57.1 cm³/mol. The number of aromatic nitrogens is 2. The maximum Gasteiger partial charge on any atom is 0.410 e. The smallest absolute Gasteiger partial charge is 0.410 e. The molecule has 15 heavy (non-hydrogen) atoms. The zero-order valence-electron chi connectivity index (χ0n) is 7.80. The number of H-pyrrole nitrogens is 1. The molecule has 3 N–H and O–H groups in total. The number of aromatic amines is 1. The highest BCUT2D eigenvalue weighted by atomic mass is 32.2. The van der Waals surface area contributed by atoms with E-state index >= 15 is 0 Å². The molecule has 7 heteroatoms. The molecule has 0 radical (unpaired) electrons. The SMILES string of the molecule is O=C(O)NC1=NC(Cc2ncc[nH]2)CS1. The van der Waals surface area contributed by atoms with Crippen molar-refractivity contribution in [2.45, 2.75) is 12.5 Å². The van der Waals surface area contributed by atoms with Crippen molar-refractivity contribution >= 4 is 23.0 Å². The van der Waals surface area contributed by atoms with E-state index < -0.39 is 6.09 Å². The molecule has 0 bridgehead atoms. The van der Waals surface area contributed by atoms with Gasteiger partial charge >= 0.3 is 6.09 Å². The highest BCUT2D eigenvalue weighted by molar-refractivity contribution is 8.14. The van der Waals surface area contributed by atoms with Crippen LogP contribution in [0.1, 0.15) is 5.82 Å². The molecule has 0 aliphatic carbocycles. The van der Waals surface area contributed by atoms with Crippen LogP contribution in [0, 0.1) is 0 Å². The zero-order valence-corrected chi connectivity index (χ0v) is 8.62. The van der Waals surface area contributed by atoms with Crippen LogP contribution in [0.5, 0.6) is 0 Å². The van der Waals surface area contributed by atoms with Gasteiger partial charge in [-0.05, 0) is 0 Å². The van der Waals surface area contributed by atoms with Crippen LogP contribution in [-0.4, -0.2) is 38.1 Å². The fourth-order valence-electron chi connectivity index (χ4n) is 1.31. The van der Waals surface area contributed by atoms with Gasteiger partial charge in [0.2, 0.25) is 0 Å². The lowest BCUT2D eigenvalue weighted by Gasteiger charge is -2.01. The van der Waals surface area contributed by atoms with Crippen molar-refractivity contribution in [1.29, 1.82) is 0 Å². The third kappa shape index (κ3) is 2.72. The van der Waals surface area contributed by atoms with Gasteiger partial charge in [-0.2, -0.15) is 0 Å². The zero-order chi connectivity index (χ0) is 10.7. The highest BCUT2D eigenvalue weighted by Gasteiger charge is 2.20. The Labute approximate surface area is 90.2 Å². The number of imidazole rings is 1. The average Bonchev–Trinajstić information content (AvgIpc) is 2.77. The van der Waals surface area contributed by atoms with Gasteiger partial charge < -0.3 is 10.1 Å². The number of amides is 1. The maximum atomic E-state index is 10.4. The number of nitrogens with zero attached hydrogens (tertiary/aromatic N) is 2. The van der Waals surface area contributed by atoms with Crippen LogP contribution in [0.25, 0.3) is 0 Å². The van der Waals surface area contributed by atoms with Gasteiger partial charge in [0.05, 0.1) is 6.04 Å². The number of carbonyl (C=O) groups is 1. The molecule has 1 unspecified atom stereocenters. The number of hydrogen-bond acceptors (Lipinski definition) is 4. The first kappa shape index (κ1) is 10.0. The van der Waals surface area contributed by atoms with Crippen molar-refractivity contribution in [3.63, 3.8) is 0 Å². The molecule has 0 aromatic carbocycles. The number of nitrogens with one attached hydrogen (secondary N) is 2. The molecule has 1 atom stereocenters. The lowest BCUT2D eigenvalue weighted by Crippen LogP contribution is -2.25. The molecule has 1 aromatic rings. The minimum Gasteiger partial charge on any atom is -0.465 e. The summed E-state index contributed by atoms with van der Waals surface area (Å²) in [5.41, 5.74) is 0. The van der Waals surface area contributed by atoms with E-state index in [1.165, 1.54) is 11.8 Å². The first-order chi connectivity index (χ1) is 7.24. The van der Waals surface area contributed by atoms with E-state index in [-0.39, 0.29) is 6.04 Å². The van der Waals surface area contributed by atoms with Crippen LogP contribution in [-0.2, 0) is 6.42 Å². The molecule has 0 spiro atoms. The van der Waals surface area contributed by atoms with E-state index in [2.05, 4.69) is 20.3 Å². The molecule has 1 aromatic heterocycles. The lowest BCUT2D eigenvalue weighted by molar-refractivity contribution is 0.200. The Bertz CT molecular complexity index is 376. The summed E-state index contributed by atoms with van der Waals surface area (Å²) in [7, 11) is 0. The normalized spacial score (nSPS) is 20.0. The van der Waals surface area contributed by atoms with Crippen LogP contribution in [0.15, 0.2) is 17.4 Å². The summed E-state index contributed by atoms with van der Waals surface area (Å²) in [6, 6.07) is 0.1000. The van der Waals surface area contributed by atoms with Gasteiger partial charge in [0.15, 0.2) is 5.17 Å². The van der Waals surface area contributed by atoms with Crippen LogP contribution in [0.3, 0.4) is 0 Å². The second kappa shape index (κ2) is 4.35. The van der Waals surface area contributed by atoms with Crippen LogP contribution in [0.4, 0.5) is 4.79 Å². The molecule has 6 nitrogen and oxygen atoms in total. The van der Waals surface area contributed by atoms with E-state index in [1.54, 1.807) is 12.4 Å². The minimum absolute atomic E-state index is 0.1000. The Kier molecular flexibility index (Phi) is 2.91. The number of thioether (sulfide) groups is 1. The van der Waals surface area contributed by atoms with Crippen molar-refractivity contribution in [2.24, 2.45) is 4.99 Å². The summed E-state index contributed by atoms with van der Waals surface area (Å²) in [6.45, 7) is 0. The molecule has 1 amide bonds. The second-order valence-electron chi connectivity index (χ2n) is 3.07. The third-order valence-corrected chi connectivity index (χ3v) is 2.94. The van der Waals surface area contributed by atoms with Gasteiger partial charge in [0.25, 0.3) is 0 Å². The molecule has 0 saturated carbocycles. The van der Waals surface area contributed by atoms with Gasteiger partial charge in [-0.3, -0.25) is 10.3 Å². The Morgan fingerprint density at radius 1 is 1.80 bits per heavy atom. The van der Waals surface area contributed by atoms with E-state index in [4.69, 9.17) is 5.11 Å². The number of aliphatic imine (C=N–C) groups is 1. The summed E-state index contributed by atoms with van der Waals surface area (Å²) < 4.78 is 0. The van der Waals surface area contributed by atoms with E-state index in [0.717, 1.165) is 11.6 Å². The van der Waals surface area contributed by atoms with Gasteiger partial charge in [-0.15, -0.1) is 0 Å². The summed E-state index contributed by atoms with van der Waals surface area (Å²) in [6.07, 6.45) is 3.10. The molecule has 80 valence electrons. The van der Waals surface area contributed by atoms with E-state index in [9.17, 15) is 4.79 Å². The molecule has 2 heterocycles. The third-order valence-electron chi connectivity index (χ3n) is 1.91. The average molecular weight is 226 g/mol. The Morgan fingerprint density at radius 2 is 2.67 bits per heavy atom. The van der Waals surface area contributed by atoms with Gasteiger partial charge in [0.1, 0.15) is 5.82 Å². The quantitative estimate of drug-likeness (QED) is 0.692. The number of hydrogen-bond donors (Lipinski definition) is 3. The minimum atomic E-state index is -1.07. The molecule has 2 rings (SSSR count). The second-order valence-corrected chi connectivity index (χ2v) is 4.08. The van der Waals surface area contributed by atoms with Gasteiger partial charge in [0, 0.05) is 24.6 Å². The van der Waals surface area contributed by atoms with Crippen molar-refractivity contribution < 1.29 is 9.90 Å². The summed E-state index contributed by atoms with van der Waals surface area (Å²) in [4.78, 5) is 21.7. The van der Waals surface area contributed by atoms with E-state index in [1.807, 2.05) is 0 Å². The van der Waals surface area contributed by atoms with Crippen LogP contribution in [0.2, 0.25) is 0 Å². The first-order valence-electron chi connectivity index (χ1n) is 4.43. The maximum absolute atomic E-state index is 10.4. The van der Waals surface area contributed by atoms with Crippen LogP contribution >= 0.6 is 11.8 Å². The number of amidine groups is 1. The predicted octanol–water partition coefficient (Wildman–Crippen LogP) is 0.691. The molecule has 1 aliphatic rings.